The van der Waals surface area contributed by atoms with Gasteiger partial charge in [0.1, 0.15) is 0 Å². The summed E-state index contributed by atoms with van der Waals surface area (Å²) in [6.45, 7) is 1.57. The largest absolute Gasteiger partial charge is 0.374 e. The molecule has 2 fully saturated rings. The lowest BCUT2D eigenvalue weighted by atomic mass is 10.0. The Bertz CT molecular complexity index is 272. The number of allylic oxidation sites excluding steroid dienone is 1. The molecule has 0 aromatic carbocycles. The van der Waals surface area contributed by atoms with Crippen molar-refractivity contribution in [2.45, 2.75) is 25.2 Å². The zero-order chi connectivity index (χ0) is 8.40. The van der Waals surface area contributed by atoms with Crippen molar-refractivity contribution in [1.29, 1.82) is 0 Å². The van der Waals surface area contributed by atoms with Gasteiger partial charge in [0.25, 0.3) is 5.92 Å². The van der Waals surface area contributed by atoms with Gasteiger partial charge in [-0.2, -0.15) is 0 Å². The van der Waals surface area contributed by atoms with Gasteiger partial charge in [-0.05, 0) is 6.42 Å². The third-order valence-electron chi connectivity index (χ3n) is 3.41. The fraction of sp³-hybridized carbons (Fsp3) is 0.778. The molecule has 66 valence electrons. The summed E-state index contributed by atoms with van der Waals surface area (Å²) in [7, 11) is 0. The van der Waals surface area contributed by atoms with E-state index in [9.17, 15) is 8.78 Å². The van der Waals surface area contributed by atoms with Gasteiger partial charge in [0, 0.05) is 31.6 Å². The van der Waals surface area contributed by atoms with Gasteiger partial charge in [-0.25, -0.2) is 8.78 Å². The van der Waals surface area contributed by atoms with Crippen LogP contribution in [-0.2, 0) is 0 Å². The lowest BCUT2D eigenvalue weighted by Gasteiger charge is -2.13. The molecule has 1 spiro atoms. The Hall–Kier alpha value is -0.600. The highest BCUT2D eigenvalue weighted by Gasteiger charge is 2.73. The predicted octanol–water partition coefficient (Wildman–Crippen LogP) is 2.01. The normalized spacial score (nSPS) is 41.8. The quantitative estimate of drug-likeness (QED) is 0.539. The van der Waals surface area contributed by atoms with Crippen molar-refractivity contribution in [2.75, 3.05) is 13.1 Å². The molecule has 2 heterocycles. The van der Waals surface area contributed by atoms with Crippen LogP contribution in [0, 0.1) is 5.41 Å². The first-order valence-electron chi connectivity index (χ1n) is 4.45. The summed E-state index contributed by atoms with van der Waals surface area (Å²) in [6, 6.07) is 0. The summed E-state index contributed by atoms with van der Waals surface area (Å²) >= 11 is 0. The molecule has 1 saturated carbocycles. The minimum atomic E-state index is -2.36. The molecule has 3 aliphatic rings. The number of fused-ring (bicyclic) bond motifs is 1. The maximum Gasteiger partial charge on any atom is 0.256 e. The van der Waals surface area contributed by atoms with E-state index in [-0.39, 0.29) is 6.42 Å². The second-order valence-electron chi connectivity index (χ2n) is 4.24. The van der Waals surface area contributed by atoms with E-state index >= 15 is 0 Å². The molecule has 0 aromatic heterocycles. The zero-order valence-electron chi connectivity index (χ0n) is 6.82. The van der Waals surface area contributed by atoms with Crippen LogP contribution in [0.4, 0.5) is 8.78 Å². The van der Waals surface area contributed by atoms with Gasteiger partial charge >= 0.3 is 0 Å². The standard InChI is InChI=1S/C9H11F2N/c10-9(11)5-8(9)4-7-2-1-3-12(7)6-8/h2H,1,3-6H2/t8-/m1/s1. The second-order valence-corrected chi connectivity index (χ2v) is 4.24. The first-order valence-corrected chi connectivity index (χ1v) is 4.45. The number of hydrogen-bond donors (Lipinski definition) is 0. The van der Waals surface area contributed by atoms with Crippen LogP contribution in [0.2, 0.25) is 0 Å². The Balaban J connectivity index is 1.89. The Morgan fingerprint density at radius 2 is 2.17 bits per heavy atom. The van der Waals surface area contributed by atoms with Crippen LogP contribution in [0.15, 0.2) is 11.8 Å². The number of hydrogen-bond acceptors (Lipinski definition) is 1. The Morgan fingerprint density at radius 1 is 1.42 bits per heavy atom. The van der Waals surface area contributed by atoms with E-state index in [4.69, 9.17) is 0 Å². The number of halogens is 2. The summed E-state index contributed by atoms with van der Waals surface area (Å²) in [4.78, 5) is 2.13. The monoisotopic (exact) mass is 171 g/mol. The maximum atomic E-state index is 12.9. The third-order valence-corrected chi connectivity index (χ3v) is 3.41. The third kappa shape index (κ3) is 0.632. The average molecular weight is 171 g/mol. The molecule has 0 N–H and O–H groups in total. The molecule has 3 heteroatoms. The molecular weight excluding hydrogens is 160 g/mol. The summed E-state index contributed by atoms with van der Waals surface area (Å²) in [6.07, 6.45) is 3.91. The molecule has 0 aromatic rings. The smallest absolute Gasteiger partial charge is 0.256 e. The van der Waals surface area contributed by atoms with Crippen molar-refractivity contribution in [3.8, 4) is 0 Å². The lowest BCUT2D eigenvalue weighted by Crippen LogP contribution is -2.20. The van der Waals surface area contributed by atoms with Gasteiger partial charge in [-0.1, -0.05) is 6.08 Å². The molecule has 0 unspecified atom stereocenters. The van der Waals surface area contributed by atoms with Crippen molar-refractivity contribution in [3.05, 3.63) is 11.8 Å². The number of nitrogens with zero attached hydrogens (tertiary/aromatic N) is 1. The van der Waals surface area contributed by atoms with E-state index < -0.39 is 11.3 Å². The molecule has 3 rings (SSSR count). The van der Waals surface area contributed by atoms with Crippen LogP contribution in [0.25, 0.3) is 0 Å². The van der Waals surface area contributed by atoms with Crippen molar-refractivity contribution in [2.24, 2.45) is 5.41 Å². The van der Waals surface area contributed by atoms with E-state index in [0.29, 0.717) is 13.0 Å². The highest BCUT2D eigenvalue weighted by Crippen LogP contribution is 2.67. The van der Waals surface area contributed by atoms with Gasteiger partial charge in [-0.15, -0.1) is 0 Å². The van der Waals surface area contributed by atoms with Gasteiger partial charge in [0.2, 0.25) is 0 Å². The molecule has 0 bridgehead atoms. The van der Waals surface area contributed by atoms with Gasteiger partial charge in [-0.3, -0.25) is 0 Å². The van der Waals surface area contributed by atoms with E-state index in [1.165, 1.54) is 5.70 Å². The van der Waals surface area contributed by atoms with Crippen molar-refractivity contribution in [1.82, 2.24) is 4.90 Å². The van der Waals surface area contributed by atoms with Crippen LogP contribution >= 0.6 is 0 Å². The molecule has 1 saturated heterocycles. The SMILES string of the molecule is FC1(F)C[C@@]12CC1=CCCN1C2. The second kappa shape index (κ2) is 1.68. The summed E-state index contributed by atoms with van der Waals surface area (Å²) in [5.41, 5.74) is 0.534. The Morgan fingerprint density at radius 3 is 2.75 bits per heavy atom. The first-order chi connectivity index (χ1) is 5.63. The Labute approximate surface area is 70.0 Å². The fourth-order valence-corrected chi connectivity index (χ4v) is 2.54. The van der Waals surface area contributed by atoms with E-state index in [2.05, 4.69) is 11.0 Å². The molecule has 1 aliphatic carbocycles. The van der Waals surface area contributed by atoms with Crippen LogP contribution in [0.3, 0.4) is 0 Å². The van der Waals surface area contributed by atoms with Crippen LogP contribution in [0.1, 0.15) is 19.3 Å². The van der Waals surface area contributed by atoms with Crippen LogP contribution in [-0.4, -0.2) is 23.9 Å². The maximum absolute atomic E-state index is 12.9. The molecule has 1 nitrogen and oxygen atoms in total. The minimum absolute atomic E-state index is 0.119. The van der Waals surface area contributed by atoms with Crippen LogP contribution < -0.4 is 0 Å². The van der Waals surface area contributed by atoms with E-state index in [0.717, 1.165) is 13.0 Å². The molecule has 1 atom stereocenters. The Kier molecular flexibility index (Phi) is 0.960. The highest BCUT2D eigenvalue weighted by molar-refractivity contribution is 5.27. The summed E-state index contributed by atoms with van der Waals surface area (Å²) < 4.78 is 25.9. The lowest BCUT2D eigenvalue weighted by molar-refractivity contribution is 0.0663. The van der Waals surface area contributed by atoms with E-state index in [1.54, 1.807) is 0 Å². The minimum Gasteiger partial charge on any atom is -0.374 e. The summed E-state index contributed by atoms with van der Waals surface area (Å²) in [5.74, 6) is -2.36. The van der Waals surface area contributed by atoms with Gasteiger partial charge in [0.15, 0.2) is 0 Å². The number of alkyl halides is 2. The molecule has 12 heavy (non-hydrogen) atoms. The van der Waals surface area contributed by atoms with Gasteiger partial charge < -0.3 is 4.90 Å². The van der Waals surface area contributed by atoms with Crippen LogP contribution in [0.5, 0.6) is 0 Å². The van der Waals surface area contributed by atoms with Crippen molar-refractivity contribution < 1.29 is 8.78 Å². The van der Waals surface area contributed by atoms with E-state index in [1.807, 2.05) is 0 Å². The molecule has 0 amide bonds. The van der Waals surface area contributed by atoms with Gasteiger partial charge in [0.05, 0.1) is 5.41 Å². The topological polar surface area (TPSA) is 3.24 Å². The number of rotatable bonds is 0. The highest BCUT2D eigenvalue weighted by atomic mass is 19.3. The van der Waals surface area contributed by atoms with Crippen molar-refractivity contribution in [3.63, 3.8) is 0 Å². The fourth-order valence-electron chi connectivity index (χ4n) is 2.54. The average Bonchev–Trinajstić information content (AvgIpc) is 2.26. The molecule has 2 aliphatic heterocycles. The molecule has 0 radical (unpaired) electrons. The zero-order valence-corrected chi connectivity index (χ0v) is 6.82. The first kappa shape index (κ1) is 6.87. The predicted molar refractivity (Wildman–Crippen MR) is 40.9 cm³/mol. The molecular formula is C9H11F2N. The van der Waals surface area contributed by atoms with Crippen molar-refractivity contribution >= 4 is 0 Å². The summed E-state index contributed by atoms with van der Waals surface area (Å²) in [5, 5.41) is 0.